The maximum atomic E-state index is 13.0. The summed E-state index contributed by atoms with van der Waals surface area (Å²) < 4.78 is 38.9. The highest BCUT2D eigenvalue weighted by molar-refractivity contribution is 6.00. The number of ketones is 1. The molecule has 0 aliphatic carbocycles. The molecule has 0 N–H and O–H groups in total. The van der Waals surface area contributed by atoms with Crippen LogP contribution >= 0.6 is 0 Å². The molecule has 1 fully saturated rings. The lowest BCUT2D eigenvalue weighted by Crippen LogP contribution is -2.48. The van der Waals surface area contributed by atoms with Gasteiger partial charge in [0.1, 0.15) is 5.69 Å². The highest BCUT2D eigenvalue weighted by Crippen LogP contribution is 2.37. The minimum atomic E-state index is -4.66. The smallest absolute Gasteiger partial charge is 0.363 e. The van der Waals surface area contributed by atoms with Gasteiger partial charge in [-0.1, -0.05) is 0 Å². The third kappa shape index (κ3) is 4.74. The van der Waals surface area contributed by atoms with E-state index in [0.29, 0.717) is 50.8 Å². The van der Waals surface area contributed by atoms with Crippen LogP contribution in [0.2, 0.25) is 0 Å². The van der Waals surface area contributed by atoms with Crippen LogP contribution in [0.4, 0.5) is 30.2 Å². The Balaban J connectivity index is 1.40. The Bertz CT molecular complexity index is 1140. The molecule has 0 saturated carbocycles. The van der Waals surface area contributed by atoms with Crippen molar-refractivity contribution < 1.29 is 27.7 Å². The first-order chi connectivity index (χ1) is 16.0. The summed E-state index contributed by atoms with van der Waals surface area (Å²) in [4.78, 5) is 40.4. The number of fused-ring (bicyclic) bond motifs is 1. The second-order valence-corrected chi connectivity index (χ2v) is 8.41. The van der Waals surface area contributed by atoms with Gasteiger partial charge in [0, 0.05) is 57.0 Å². The lowest BCUT2D eigenvalue weighted by atomic mass is 10.0. The van der Waals surface area contributed by atoms with E-state index in [1.54, 1.807) is 21.9 Å². The van der Waals surface area contributed by atoms with Crippen molar-refractivity contribution in [1.82, 2.24) is 4.90 Å². The van der Waals surface area contributed by atoms with Gasteiger partial charge in [-0.15, -0.1) is 0 Å². The molecule has 8 nitrogen and oxygen atoms in total. The van der Waals surface area contributed by atoms with E-state index in [2.05, 4.69) is 0 Å². The molecule has 2 aliphatic rings. The number of anilines is 2. The van der Waals surface area contributed by atoms with Crippen LogP contribution < -0.4 is 9.80 Å². The predicted molar refractivity (Wildman–Crippen MR) is 119 cm³/mol. The number of nitro groups is 1. The molecule has 2 aromatic carbocycles. The van der Waals surface area contributed by atoms with Gasteiger partial charge in [-0.3, -0.25) is 24.6 Å². The fourth-order valence-electron chi connectivity index (χ4n) is 4.46. The van der Waals surface area contributed by atoms with E-state index in [4.69, 9.17) is 0 Å². The fraction of sp³-hybridized carbons (Fsp3) is 0.391. The second-order valence-electron chi connectivity index (χ2n) is 8.41. The first-order valence-corrected chi connectivity index (χ1v) is 10.8. The molecule has 4 rings (SSSR count). The second kappa shape index (κ2) is 9.05. The van der Waals surface area contributed by atoms with Crippen molar-refractivity contribution in [1.29, 1.82) is 0 Å². The number of Topliss-reactive ketones (excluding diaryl/α,β-unsaturated/α-hetero) is 1. The molecular weight excluding hydrogens is 453 g/mol. The molecule has 0 aromatic heterocycles. The molecule has 11 heteroatoms. The molecule has 1 amide bonds. The summed E-state index contributed by atoms with van der Waals surface area (Å²) in [5, 5.41) is 11.4. The molecule has 0 spiro atoms. The number of hydrogen-bond donors (Lipinski definition) is 0. The van der Waals surface area contributed by atoms with Crippen LogP contribution in [0.25, 0.3) is 0 Å². The normalized spacial score (nSPS) is 16.5. The van der Waals surface area contributed by atoms with Crippen molar-refractivity contribution in [3.05, 3.63) is 63.2 Å². The van der Waals surface area contributed by atoms with Crippen molar-refractivity contribution in [3.8, 4) is 0 Å². The van der Waals surface area contributed by atoms with E-state index >= 15 is 0 Å². The number of carbonyl (C=O) groups excluding carboxylic acids is 2. The van der Waals surface area contributed by atoms with Gasteiger partial charge in [-0.25, -0.2) is 0 Å². The van der Waals surface area contributed by atoms with Gasteiger partial charge in [0.25, 0.3) is 5.69 Å². The van der Waals surface area contributed by atoms with E-state index in [0.717, 1.165) is 23.4 Å². The summed E-state index contributed by atoms with van der Waals surface area (Å²) >= 11 is 0. The Morgan fingerprint density at radius 1 is 1.00 bits per heavy atom. The molecule has 2 heterocycles. The minimum absolute atomic E-state index is 0.0380. The molecule has 0 unspecified atom stereocenters. The quantitative estimate of drug-likeness (QED) is 0.373. The number of hydrogen-bond acceptors (Lipinski definition) is 6. The van der Waals surface area contributed by atoms with E-state index < -0.39 is 22.4 Å². The van der Waals surface area contributed by atoms with Gasteiger partial charge >= 0.3 is 6.18 Å². The molecule has 34 heavy (non-hydrogen) atoms. The van der Waals surface area contributed by atoms with Crippen molar-refractivity contribution >= 4 is 28.8 Å². The lowest BCUT2D eigenvalue weighted by Gasteiger charge is -2.35. The van der Waals surface area contributed by atoms with Crippen LogP contribution in [-0.2, 0) is 17.4 Å². The zero-order valence-corrected chi connectivity index (χ0v) is 18.5. The monoisotopic (exact) mass is 476 g/mol. The largest absolute Gasteiger partial charge is 0.416 e. The van der Waals surface area contributed by atoms with E-state index in [-0.39, 0.29) is 23.9 Å². The van der Waals surface area contributed by atoms with E-state index in [1.165, 1.54) is 6.92 Å². The SMILES string of the molecule is CC(=O)N1CCc2cc(C(=O)CN3CCN(c4ccc(C(F)(F)F)cc4[N+](=O)[O-])CC3)ccc21. The van der Waals surface area contributed by atoms with Crippen LogP contribution in [0.15, 0.2) is 36.4 Å². The fourth-order valence-corrected chi connectivity index (χ4v) is 4.46. The standard InChI is InChI=1S/C23H23F3N4O4/c1-15(31)29-7-6-16-12-17(2-4-19(16)29)22(32)14-27-8-10-28(11-9-27)20-5-3-18(23(24,25)26)13-21(20)30(33)34/h2-5,12-13H,6-11,14H2,1H3. The maximum Gasteiger partial charge on any atom is 0.416 e. The van der Waals surface area contributed by atoms with Gasteiger partial charge in [-0.2, -0.15) is 13.2 Å². The third-order valence-electron chi connectivity index (χ3n) is 6.26. The molecule has 1 saturated heterocycles. The number of rotatable bonds is 5. The summed E-state index contributed by atoms with van der Waals surface area (Å²) in [5.74, 6) is -0.109. The Morgan fingerprint density at radius 2 is 1.68 bits per heavy atom. The summed E-state index contributed by atoms with van der Waals surface area (Å²) in [5.41, 5.74) is 0.837. The number of amides is 1. The van der Waals surface area contributed by atoms with Crippen molar-refractivity contribution in [2.24, 2.45) is 0 Å². The number of carbonyl (C=O) groups is 2. The van der Waals surface area contributed by atoms with Gasteiger partial charge in [-0.05, 0) is 42.3 Å². The lowest BCUT2D eigenvalue weighted by molar-refractivity contribution is -0.384. The molecule has 2 aliphatic heterocycles. The Morgan fingerprint density at radius 3 is 2.29 bits per heavy atom. The van der Waals surface area contributed by atoms with Gasteiger partial charge < -0.3 is 9.80 Å². The Kier molecular flexibility index (Phi) is 6.30. The van der Waals surface area contributed by atoms with Crippen LogP contribution in [0.3, 0.4) is 0 Å². The number of nitro benzene ring substituents is 1. The van der Waals surface area contributed by atoms with Crippen LogP contribution in [0, 0.1) is 10.1 Å². The first kappa shape index (κ1) is 23.7. The molecule has 0 radical (unpaired) electrons. The van der Waals surface area contributed by atoms with Crippen LogP contribution in [-0.4, -0.2) is 60.8 Å². The third-order valence-corrected chi connectivity index (χ3v) is 6.26. The summed E-state index contributed by atoms with van der Waals surface area (Å²) in [7, 11) is 0. The molecular formula is C23H23F3N4O4. The van der Waals surface area contributed by atoms with Crippen molar-refractivity contribution in [3.63, 3.8) is 0 Å². The van der Waals surface area contributed by atoms with Crippen molar-refractivity contribution in [2.75, 3.05) is 49.1 Å². The summed E-state index contributed by atoms with van der Waals surface area (Å²) in [6, 6.07) is 7.87. The zero-order chi connectivity index (χ0) is 24.6. The minimum Gasteiger partial charge on any atom is -0.363 e. The van der Waals surface area contributed by atoms with Gasteiger partial charge in [0.05, 0.1) is 17.0 Å². The highest BCUT2D eigenvalue weighted by atomic mass is 19.4. The van der Waals surface area contributed by atoms with E-state index in [9.17, 15) is 32.9 Å². The first-order valence-electron chi connectivity index (χ1n) is 10.8. The van der Waals surface area contributed by atoms with Gasteiger partial charge in [0.2, 0.25) is 5.91 Å². The average molecular weight is 476 g/mol. The van der Waals surface area contributed by atoms with E-state index in [1.807, 2.05) is 11.0 Å². The predicted octanol–water partition coefficient (Wildman–Crippen LogP) is 3.53. The molecule has 2 aromatic rings. The molecule has 0 bridgehead atoms. The summed E-state index contributed by atoms with van der Waals surface area (Å²) in [6.45, 7) is 3.83. The van der Waals surface area contributed by atoms with Crippen LogP contribution in [0.1, 0.15) is 28.4 Å². The number of halogens is 3. The molecule has 180 valence electrons. The van der Waals surface area contributed by atoms with Crippen LogP contribution in [0.5, 0.6) is 0 Å². The topological polar surface area (TPSA) is 87.0 Å². The van der Waals surface area contributed by atoms with Gasteiger partial charge in [0.15, 0.2) is 5.78 Å². The highest BCUT2D eigenvalue weighted by Gasteiger charge is 2.34. The summed E-state index contributed by atoms with van der Waals surface area (Å²) in [6.07, 6.45) is -3.97. The number of benzene rings is 2. The maximum absolute atomic E-state index is 13.0. The molecule has 0 atom stereocenters. The average Bonchev–Trinajstić information content (AvgIpc) is 3.22. The number of nitrogens with zero attached hydrogens (tertiary/aromatic N) is 4. The Labute approximate surface area is 193 Å². The zero-order valence-electron chi connectivity index (χ0n) is 18.5. The number of piperazine rings is 1. The number of alkyl halides is 3. The van der Waals surface area contributed by atoms with Crippen molar-refractivity contribution in [2.45, 2.75) is 19.5 Å². The Hall–Kier alpha value is -3.47.